The number of nitrogen functional groups attached to an aromatic ring is 1. The standard InChI is InChI=1S/C20H16N4O3/c1-12-17(24-19(27-12)13-7-3-2-4-8-13)20(25)26-11-16-22-15-10-6-5-9-14(15)18(21)23-16/h2-10H,11H2,1H3,(H2,21,22,23). The maximum atomic E-state index is 12.4. The topological polar surface area (TPSA) is 104 Å². The van der Waals surface area contributed by atoms with E-state index in [4.69, 9.17) is 14.9 Å². The molecule has 0 aliphatic rings. The number of benzene rings is 2. The Kier molecular flexibility index (Phi) is 4.25. The molecule has 2 heterocycles. The molecule has 0 unspecified atom stereocenters. The van der Waals surface area contributed by atoms with Crippen LogP contribution in [0.5, 0.6) is 0 Å². The number of oxazole rings is 1. The first-order chi connectivity index (χ1) is 13.1. The Hall–Kier alpha value is -3.74. The van der Waals surface area contributed by atoms with Crippen molar-refractivity contribution in [2.75, 3.05) is 5.73 Å². The summed E-state index contributed by atoms with van der Waals surface area (Å²) in [5.41, 5.74) is 7.55. The second kappa shape index (κ2) is 6.87. The summed E-state index contributed by atoms with van der Waals surface area (Å²) in [6.07, 6.45) is 0. The van der Waals surface area contributed by atoms with Crippen molar-refractivity contribution in [3.05, 3.63) is 71.9 Å². The first-order valence-corrected chi connectivity index (χ1v) is 8.33. The highest BCUT2D eigenvalue weighted by Crippen LogP contribution is 2.22. The summed E-state index contributed by atoms with van der Waals surface area (Å²) in [5, 5.41) is 0.757. The van der Waals surface area contributed by atoms with Crippen molar-refractivity contribution in [3.63, 3.8) is 0 Å². The van der Waals surface area contributed by atoms with Crippen molar-refractivity contribution in [1.82, 2.24) is 15.0 Å². The first kappa shape index (κ1) is 16.7. The molecule has 0 saturated carbocycles. The van der Waals surface area contributed by atoms with Crippen molar-refractivity contribution in [2.24, 2.45) is 0 Å². The van der Waals surface area contributed by atoms with Crippen LogP contribution in [0.3, 0.4) is 0 Å². The van der Waals surface area contributed by atoms with Crippen LogP contribution in [0.2, 0.25) is 0 Å². The van der Waals surface area contributed by atoms with E-state index in [2.05, 4.69) is 15.0 Å². The quantitative estimate of drug-likeness (QED) is 0.555. The molecule has 2 aromatic carbocycles. The Morgan fingerprint density at radius 2 is 1.78 bits per heavy atom. The van der Waals surface area contributed by atoms with E-state index in [1.165, 1.54) is 0 Å². The minimum absolute atomic E-state index is 0.110. The normalized spacial score (nSPS) is 10.9. The zero-order valence-electron chi connectivity index (χ0n) is 14.5. The summed E-state index contributed by atoms with van der Waals surface area (Å²) < 4.78 is 10.9. The van der Waals surface area contributed by atoms with Gasteiger partial charge in [-0.1, -0.05) is 30.3 Å². The number of hydrogen-bond donors (Lipinski definition) is 1. The van der Waals surface area contributed by atoms with Gasteiger partial charge in [0.15, 0.2) is 18.1 Å². The fourth-order valence-electron chi connectivity index (χ4n) is 2.70. The third kappa shape index (κ3) is 3.35. The highest BCUT2D eigenvalue weighted by atomic mass is 16.5. The number of anilines is 1. The molecular weight excluding hydrogens is 344 g/mol. The number of fused-ring (bicyclic) bond motifs is 1. The Morgan fingerprint density at radius 3 is 2.59 bits per heavy atom. The van der Waals surface area contributed by atoms with Crippen molar-refractivity contribution >= 4 is 22.7 Å². The molecule has 0 saturated heterocycles. The number of nitrogens with two attached hydrogens (primary N) is 1. The predicted octanol–water partition coefficient (Wildman–Crippen LogP) is 3.53. The van der Waals surface area contributed by atoms with Crippen LogP contribution in [0.15, 0.2) is 59.0 Å². The van der Waals surface area contributed by atoms with Gasteiger partial charge in [-0.25, -0.2) is 19.7 Å². The molecule has 7 nitrogen and oxygen atoms in total. The van der Waals surface area contributed by atoms with E-state index in [0.29, 0.717) is 28.8 Å². The van der Waals surface area contributed by atoms with Crippen LogP contribution in [-0.4, -0.2) is 20.9 Å². The molecule has 27 heavy (non-hydrogen) atoms. The second-order valence-electron chi connectivity index (χ2n) is 5.91. The van der Waals surface area contributed by atoms with Crippen LogP contribution >= 0.6 is 0 Å². The maximum absolute atomic E-state index is 12.4. The van der Waals surface area contributed by atoms with Crippen LogP contribution in [0.1, 0.15) is 22.1 Å². The summed E-state index contributed by atoms with van der Waals surface area (Å²) in [6, 6.07) is 16.7. The van der Waals surface area contributed by atoms with Gasteiger partial charge in [0.1, 0.15) is 11.6 Å². The second-order valence-corrected chi connectivity index (χ2v) is 5.91. The van der Waals surface area contributed by atoms with Gasteiger partial charge in [-0.15, -0.1) is 0 Å². The molecular formula is C20H16N4O3. The van der Waals surface area contributed by atoms with Crippen LogP contribution in [-0.2, 0) is 11.3 Å². The molecule has 0 atom stereocenters. The number of carbonyl (C=O) groups is 1. The smallest absolute Gasteiger partial charge is 0.361 e. The monoisotopic (exact) mass is 360 g/mol. The molecule has 0 aliphatic carbocycles. The van der Waals surface area contributed by atoms with E-state index in [1.807, 2.05) is 54.6 Å². The third-order valence-corrected chi connectivity index (χ3v) is 4.02. The van der Waals surface area contributed by atoms with Gasteiger partial charge >= 0.3 is 5.97 Å². The fraction of sp³-hybridized carbons (Fsp3) is 0.100. The van der Waals surface area contributed by atoms with Crippen LogP contribution in [0.25, 0.3) is 22.4 Å². The summed E-state index contributed by atoms with van der Waals surface area (Å²) in [4.78, 5) is 25.2. The third-order valence-electron chi connectivity index (χ3n) is 4.02. The van der Waals surface area contributed by atoms with Crippen molar-refractivity contribution in [2.45, 2.75) is 13.5 Å². The number of aryl methyl sites for hydroxylation is 1. The van der Waals surface area contributed by atoms with Gasteiger partial charge in [-0.3, -0.25) is 0 Å². The zero-order chi connectivity index (χ0) is 18.8. The molecule has 0 spiro atoms. The van der Waals surface area contributed by atoms with Gasteiger partial charge in [0, 0.05) is 10.9 Å². The summed E-state index contributed by atoms with van der Waals surface area (Å²) in [7, 11) is 0. The number of ether oxygens (including phenoxy) is 1. The van der Waals surface area contributed by atoms with Gasteiger partial charge in [0.2, 0.25) is 5.89 Å². The average Bonchev–Trinajstić information content (AvgIpc) is 3.09. The molecule has 4 aromatic rings. The van der Waals surface area contributed by atoms with Crippen LogP contribution in [0, 0.1) is 6.92 Å². The van der Waals surface area contributed by atoms with E-state index in [1.54, 1.807) is 6.92 Å². The molecule has 2 aromatic heterocycles. The van der Waals surface area contributed by atoms with Gasteiger partial charge in [0.25, 0.3) is 0 Å². The van der Waals surface area contributed by atoms with E-state index >= 15 is 0 Å². The highest BCUT2D eigenvalue weighted by Gasteiger charge is 2.20. The number of hydrogen-bond acceptors (Lipinski definition) is 7. The lowest BCUT2D eigenvalue weighted by atomic mass is 10.2. The lowest BCUT2D eigenvalue weighted by Crippen LogP contribution is -2.10. The van der Waals surface area contributed by atoms with E-state index in [0.717, 1.165) is 10.9 Å². The fourth-order valence-corrected chi connectivity index (χ4v) is 2.70. The zero-order valence-corrected chi connectivity index (χ0v) is 14.5. The van der Waals surface area contributed by atoms with Gasteiger partial charge in [-0.05, 0) is 31.2 Å². The SMILES string of the molecule is Cc1oc(-c2ccccc2)nc1C(=O)OCc1nc(N)c2ccccc2n1. The summed E-state index contributed by atoms with van der Waals surface area (Å²) in [5.74, 6) is 0.817. The highest BCUT2D eigenvalue weighted by molar-refractivity contribution is 5.89. The molecule has 4 rings (SSSR count). The Bertz CT molecular complexity index is 1120. The molecule has 0 amide bonds. The predicted molar refractivity (Wildman–Crippen MR) is 99.7 cm³/mol. The maximum Gasteiger partial charge on any atom is 0.361 e. The van der Waals surface area contributed by atoms with Gasteiger partial charge < -0.3 is 14.9 Å². The average molecular weight is 360 g/mol. The molecule has 134 valence electrons. The first-order valence-electron chi connectivity index (χ1n) is 8.33. The minimum Gasteiger partial charge on any atom is -0.453 e. The minimum atomic E-state index is -0.603. The van der Waals surface area contributed by atoms with E-state index < -0.39 is 5.97 Å². The van der Waals surface area contributed by atoms with Crippen LogP contribution < -0.4 is 5.73 Å². The number of carbonyl (C=O) groups excluding carboxylic acids is 1. The number of para-hydroxylation sites is 1. The number of aromatic nitrogens is 3. The summed E-state index contributed by atoms with van der Waals surface area (Å²) in [6.45, 7) is 1.56. The molecule has 0 bridgehead atoms. The van der Waals surface area contributed by atoms with Crippen molar-refractivity contribution in [3.8, 4) is 11.5 Å². The lowest BCUT2D eigenvalue weighted by molar-refractivity contribution is 0.0454. The lowest BCUT2D eigenvalue weighted by Gasteiger charge is -2.06. The van der Waals surface area contributed by atoms with E-state index in [-0.39, 0.29) is 12.3 Å². The number of rotatable bonds is 4. The molecule has 0 radical (unpaired) electrons. The molecule has 0 fully saturated rings. The Morgan fingerprint density at radius 1 is 1.04 bits per heavy atom. The molecule has 7 heteroatoms. The number of esters is 1. The van der Waals surface area contributed by atoms with Crippen LogP contribution in [0.4, 0.5) is 5.82 Å². The largest absolute Gasteiger partial charge is 0.453 e. The van der Waals surface area contributed by atoms with Crippen molar-refractivity contribution in [1.29, 1.82) is 0 Å². The Labute approximate surface area is 154 Å². The van der Waals surface area contributed by atoms with E-state index in [9.17, 15) is 4.79 Å². The molecule has 0 aliphatic heterocycles. The number of nitrogens with zero attached hydrogens (tertiary/aromatic N) is 3. The van der Waals surface area contributed by atoms with Gasteiger partial charge in [-0.2, -0.15) is 0 Å². The Balaban J connectivity index is 1.53. The van der Waals surface area contributed by atoms with Gasteiger partial charge in [0.05, 0.1) is 5.52 Å². The van der Waals surface area contributed by atoms with Crippen molar-refractivity contribution < 1.29 is 13.9 Å². The molecule has 2 N–H and O–H groups in total. The summed E-state index contributed by atoms with van der Waals surface area (Å²) >= 11 is 0.